The molecule has 0 unspecified atom stereocenters. The molecule has 0 radical (unpaired) electrons. The van der Waals surface area contributed by atoms with E-state index in [2.05, 4.69) is 5.10 Å². The highest BCUT2D eigenvalue weighted by molar-refractivity contribution is 5.71. The number of carboxylic acid groups (broad SMARTS) is 1. The lowest BCUT2D eigenvalue weighted by atomic mass is 10.0. The van der Waals surface area contributed by atoms with Gasteiger partial charge in [-0.3, -0.25) is 9.48 Å². The van der Waals surface area contributed by atoms with Gasteiger partial charge >= 0.3 is 5.97 Å². The molecule has 1 aliphatic carbocycles. The average molecular weight is 302 g/mol. The van der Waals surface area contributed by atoms with E-state index in [1.54, 1.807) is 12.3 Å². The Balaban J connectivity index is 1.75. The Kier molecular flexibility index (Phi) is 4.22. The van der Waals surface area contributed by atoms with Crippen LogP contribution >= 0.6 is 0 Å². The number of carboxylic acids is 1. The Morgan fingerprint density at radius 2 is 2.09 bits per heavy atom. The van der Waals surface area contributed by atoms with Crippen molar-refractivity contribution >= 4 is 5.97 Å². The third kappa shape index (κ3) is 3.35. The molecule has 0 amide bonds. The van der Waals surface area contributed by atoms with E-state index in [4.69, 9.17) is 5.11 Å². The zero-order valence-corrected chi connectivity index (χ0v) is 12.3. The zero-order valence-electron chi connectivity index (χ0n) is 12.3. The Bertz CT molecular complexity index is 675. The van der Waals surface area contributed by atoms with Gasteiger partial charge in [-0.1, -0.05) is 25.0 Å². The highest BCUT2D eigenvalue weighted by Crippen LogP contribution is 2.27. The molecule has 0 aliphatic heterocycles. The zero-order chi connectivity index (χ0) is 15.5. The Labute approximate surface area is 128 Å². The van der Waals surface area contributed by atoms with E-state index in [1.165, 1.54) is 37.8 Å². The summed E-state index contributed by atoms with van der Waals surface area (Å²) in [5.74, 6) is -0.818. The Morgan fingerprint density at radius 1 is 1.32 bits per heavy atom. The molecule has 22 heavy (non-hydrogen) atoms. The second-order valence-electron chi connectivity index (χ2n) is 5.98. The van der Waals surface area contributed by atoms with E-state index in [9.17, 15) is 9.18 Å². The van der Waals surface area contributed by atoms with E-state index in [-0.39, 0.29) is 12.0 Å². The highest BCUT2D eigenvalue weighted by atomic mass is 19.1. The predicted octanol–water partition coefficient (Wildman–Crippen LogP) is 3.51. The Hall–Kier alpha value is -2.17. The van der Waals surface area contributed by atoms with Crippen molar-refractivity contribution in [3.63, 3.8) is 0 Å². The van der Waals surface area contributed by atoms with Gasteiger partial charge < -0.3 is 5.11 Å². The van der Waals surface area contributed by atoms with Gasteiger partial charge in [0.05, 0.1) is 12.6 Å². The molecule has 2 aromatic rings. The molecular formula is C17H19FN2O2. The van der Waals surface area contributed by atoms with Crippen molar-refractivity contribution in [3.8, 4) is 11.1 Å². The van der Waals surface area contributed by atoms with Crippen molar-refractivity contribution in [2.45, 2.75) is 38.6 Å². The van der Waals surface area contributed by atoms with Crippen LogP contribution in [0.2, 0.25) is 0 Å². The van der Waals surface area contributed by atoms with E-state index in [1.807, 2.05) is 10.9 Å². The first-order chi connectivity index (χ1) is 10.6. The highest BCUT2D eigenvalue weighted by Gasteiger charge is 2.16. The number of aromatic nitrogens is 2. The SMILES string of the molecule is O=C(O)Cc1ccc(-c2cnn(CC3CCCC3)c2)cc1F. The van der Waals surface area contributed by atoms with Crippen LogP contribution in [-0.2, 0) is 17.8 Å². The molecular weight excluding hydrogens is 283 g/mol. The summed E-state index contributed by atoms with van der Waals surface area (Å²) in [6, 6.07) is 4.67. The van der Waals surface area contributed by atoms with Gasteiger partial charge in [-0.05, 0) is 36.0 Å². The van der Waals surface area contributed by atoms with E-state index in [0.29, 0.717) is 5.92 Å². The fraction of sp³-hybridized carbons (Fsp3) is 0.412. The van der Waals surface area contributed by atoms with E-state index in [0.717, 1.165) is 17.7 Å². The lowest BCUT2D eigenvalue weighted by Gasteiger charge is -2.08. The quantitative estimate of drug-likeness (QED) is 0.919. The number of halogens is 1. The summed E-state index contributed by atoms with van der Waals surface area (Å²) in [5.41, 5.74) is 1.79. The molecule has 116 valence electrons. The number of aliphatic carboxylic acids is 1. The van der Waals surface area contributed by atoms with Crippen LogP contribution in [0.25, 0.3) is 11.1 Å². The van der Waals surface area contributed by atoms with Crippen molar-refractivity contribution in [1.29, 1.82) is 0 Å². The fourth-order valence-corrected chi connectivity index (χ4v) is 3.10. The molecule has 1 aliphatic rings. The maximum absolute atomic E-state index is 13.9. The van der Waals surface area contributed by atoms with Crippen LogP contribution < -0.4 is 0 Å². The van der Waals surface area contributed by atoms with Crippen LogP contribution in [0.1, 0.15) is 31.2 Å². The molecule has 1 aromatic heterocycles. The molecule has 1 aromatic carbocycles. The molecule has 0 spiro atoms. The van der Waals surface area contributed by atoms with Crippen LogP contribution in [0.15, 0.2) is 30.6 Å². The molecule has 0 saturated heterocycles. The average Bonchev–Trinajstić information content (AvgIpc) is 3.13. The molecule has 1 heterocycles. The van der Waals surface area contributed by atoms with E-state index < -0.39 is 11.8 Å². The van der Waals surface area contributed by atoms with Gasteiger partial charge in [0.25, 0.3) is 0 Å². The van der Waals surface area contributed by atoms with Crippen molar-refractivity contribution in [3.05, 3.63) is 42.0 Å². The first-order valence-electron chi connectivity index (χ1n) is 7.65. The maximum Gasteiger partial charge on any atom is 0.307 e. The fourth-order valence-electron chi connectivity index (χ4n) is 3.10. The molecule has 1 fully saturated rings. The van der Waals surface area contributed by atoms with Crippen molar-refractivity contribution < 1.29 is 14.3 Å². The minimum Gasteiger partial charge on any atom is -0.481 e. The lowest BCUT2D eigenvalue weighted by molar-refractivity contribution is -0.136. The number of rotatable bonds is 5. The molecule has 5 heteroatoms. The predicted molar refractivity (Wildman–Crippen MR) is 80.9 cm³/mol. The molecule has 0 atom stereocenters. The summed E-state index contributed by atoms with van der Waals surface area (Å²) in [7, 11) is 0. The van der Waals surface area contributed by atoms with Crippen molar-refractivity contribution in [1.82, 2.24) is 9.78 Å². The summed E-state index contributed by atoms with van der Waals surface area (Å²) in [4.78, 5) is 10.7. The lowest BCUT2D eigenvalue weighted by Crippen LogP contribution is -2.07. The van der Waals surface area contributed by atoms with Gasteiger partial charge in [-0.25, -0.2) is 4.39 Å². The monoisotopic (exact) mass is 302 g/mol. The summed E-state index contributed by atoms with van der Waals surface area (Å²) >= 11 is 0. The van der Waals surface area contributed by atoms with Gasteiger partial charge in [-0.15, -0.1) is 0 Å². The van der Waals surface area contributed by atoms with Crippen molar-refractivity contribution in [2.75, 3.05) is 0 Å². The summed E-state index contributed by atoms with van der Waals surface area (Å²) < 4.78 is 15.9. The second kappa shape index (κ2) is 6.30. The molecule has 4 nitrogen and oxygen atoms in total. The number of nitrogens with zero attached hydrogens (tertiary/aromatic N) is 2. The maximum atomic E-state index is 13.9. The van der Waals surface area contributed by atoms with Gasteiger partial charge in [0, 0.05) is 18.3 Å². The van der Waals surface area contributed by atoms with Crippen LogP contribution in [0, 0.1) is 11.7 Å². The van der Waals surface area contributed by atoms with Gasteiger partial charge in [0.1, 0.15) is 5.82 Å². The van der Waals surface area contributed by atoms with Gasteiger partial charge in [0.15, 0.2) is 0 Å². The summed E-state index contributed by atoms with van der Waals surface area (Å²) in [5, 5.41) is 13.1. The largest absolute Gasteiger partial charge is 0.481 e. The van der Waals surface area contributed by atoms with Gasteiger partial charge in [0.2, 0.25) is 0 Å². The third-order valence-corrected chi connectivity index (χ3v) is 4.28. The second-order valence-corrected chi connectivity index (χ2v) is 5.98. The van der Waals surface area contributed by atoms with Crippen LogP contribution in [0.4, 0.5) is 4.39 Å². The molecule has 3 rings (SSSR count). The van der Waals surface area contributed by atoms with Crippen LogP contribution in [-0.4, -0.2) is 20.9 Å². The minimum absolute atomic E-state index is 0.203. The first kappa shape index (κ1) is 14.8. The Morgan fingerprint density at radius 3 is 2.77 bits per heavy atom. The number of benzene rings is 1. The third-order valence-electron chi connectivity index (χ3n) is 4.28. The van der Waals surface area contributed by atoms with Crippen molar-refractivity contribution in [2.24, 2.45) is 5.92 Å². The smallest absolute Gasteiger partial charge is 0.307 e. The summed E-state index contributed by atoms with van der Waals surface area (Å²) in [6.45, 7) is 0.916. The number of hydrogen-bond donors (Lipinski definition) is 1. The molecule has 0 bridgehead atoms. The minimum atomic E-state index is -1.03. The number of carbonyl (C=O) groups is 1. The van der Waals surface area contributed by atoms with Crippen LogP contribution in [0.5, 0.6) is 0 Å². The molecule has 1 N–H and O–H groups in total. The topological polar surface area (TPSA) is 55.1 Å². The summed E-state index contributed by atoms with van der Waals surface area (Å²) in [6.07, 6.45) is 8.49. The van der Waals surface area contributed by atoms with Crippen LogP contribution in [0.3, 0.4) is 0 Å². The van der Waals surface area contributed by atoms with E-state index >= 15 is 0 Å². The first-order valence-corrected chi connectivity index (χ1v) is 7.65. The molecule has 1 saturated carbocycles. The standard InChI is InChI=1S/C17H19FN2O2/c18-16-7-13(5-6-14(16)8-17(21)22)15-9-19-20(11-15)10-12-3-1-2-4-12/h5-7,9,11-12H,1-4,8,10H2,(H,21,22). The number of hydrogen-bond acceptors (Lipinski definition) is 2. The normalized spacial score (nSPS) is 15.3. The van der Waals surface area contributed by atoms with Gasteiger partial charge in [-0.2, -0.15) is 5.10 Å².